The number of aromatic amines is 1. The molecule has 1 aliphatic rings. The molecule has 0 radical (unpaired) electrons. The van der Waals surface area contributed by atoms with Gasteiger partial charge in [0.15, 0.2) is 4.77 Å². The Labute approximate surface area is 71.2 Å². The van der Waals surface area contributed by atoms with Crippen LogP contribution in [0.5, 0.6) is 0 Å². The molecular formula is C8H12N2S. The first-order valence-electron chi connectivity index (χ1n) is 4.02. The summed E-state index contributed by atoms with van der Waals surface area (Å²) in [5.41, 5.74) is 1.16. The summed E-state index contributed by atoms with van der Waals surface area (Å²) in [6.07, 6.45) is 4.86. The van der Waals surface area contributed by atoms with Crippen LogP contribution in [0.15, 0.2) is 6.20 Å². The van der Waals surface area contributed by atoms with E-state index in [1.54, 1.807) is 0 Å². The number of H-pyrrole nitrogens is 1. The molecule has 1 aromatic rings. The normalized spacial score (nSPS) is 17.2. The molecule has 1 saturated carbocycles. The van der Waals surface area contributed by atoms with Gasteiger partial charge in [0.25, 0.3) is 0 Å². The van der Waals surface area contributed by atoms with Gasteiger partial charge < -0.3 is 9.55 Å². The topological polar surface area (TPSA) is 20.7 Å². The summed E-state index contributed by atoms with van der Waals surface area (Å²) in [7, 11) is 0. The van der Waals surface area contributed by atoms with E-state index in [9.17, 15) is 0 Å². The summed E-state index contributed by atoms with van der Waals surface area (Å²) in [5.74, 6) is 0.900. The molecule has 1 aliphatic carbocycles. The number of aromatic nitrogens is 2. The average molecular weight is 168 g/mol. The molecule has 60 valence electrons. The largest absolute Gasteiger partial charge is 0.335 e. The highest BCUT2D eigenvalue weighted by Gasteiger charge is 2.21. The van der Waals surface area contributed by atoms with Gasteiger partial charge in [-0.1, -0.05) is 0 Å². The Bertz CT molecular complexity index is 306. The molecule has 0 aliphatic heterocycles. The Kier molecular flexibility index (Phi) is 1.60. The Morgan fingerprint density at radius 1 is 1.73 bits per heavy atom. The minimum absolute atomic E-state index is 0.870. The second-order valence-corrected chi connectivity index (χ2v) is 3.72. The molecule has 1 fully saturated rings. The molecule has 1 N–H and O–H groups in total. The van der Waals surface area contributed by atoms with Gasteiger partial charge in [-0.15, -0.1) is 0 Å². The monoisotopic (exact) mass is 168 g/mol. The van der Waals surface area contributed by atoms with Crippen LogP contribution in [0.25, 0.3) is 0 Å². The smallest absolute Gasteiger partial charge is 0.177 e. The molecule has 0 saturated heterocycles. The zero-order valence-corrected chi connectivity index (χ0v) is 7.45. The molecule has 1 aromatic heterocycles. The fourth-order valence-corrected chi connectivity index (χ4v) is 1.57. The Hall–Kier alpha value is -0.570. The fraction of sp³-hybridized carbons (Fsp3) is 0.625. The second-order valence-electron chi connectivity index (χ2n) is 3.34. The van der Waals surface area contributed by atoms with E-state index in [1.807, 2.05) is 6.92 Å². The van der Waals surface area contributed by atoms with E-state index in [0.717, 1.165) is 22.9 Å². The summed E-state index contributed by atoms with van der Waals surface area (Å²) in [5, 5.41) is 0. The van der Waals surface area contributed by atoms with E-state index in [-0.39, 0.29) is 0 Å². The first-order chi connectivity index (χ1) is 5.25. The average Bonchev–Trinajstić information content (AvgIpc) is 2.64. The van der Waals surface area contributed by atoms with Gasteiger partial charge in [0.05, 0.1) is 0 Å². The van der Waals surface area contributed by atoms with Crippen LogP contribution in [0.2, 0.25) is 0 Å². The number of rotatable bonds is 2. The van der Waals surface area contributed by atoms with Crippen LogP contribution in [0.3, 0.4) is 0 Å². The van der Waals surface area contributed by atoms with Crippen LogP contribution in [0.1, 0.15) is 18.5 Å². The predicted molar refractivity (Wildman–Crippen MR) is 47.1 cm³/mol. The molecule has 0 amide bonds. The number of aryl methyl sites for hydroxylation is 1. The summed E-state index contributed by atoms with van der Waals surface area (Å²) >= 11 is 5.13. The highest BCUT2D eigenvalue weighted by Crippen LogP contribution is 2.30. The van der Waals surface area contributed by atoms with Crippen molar-refractivity contribution in [3.8, 4) is 0 Å². The van der Waals surface area contributed by atoms with Gasteiger partial charge in [0, 0.05) is 18.4 Å². The van der Waals surface area contributed by atoms with E-state index >= 15 is 0 Å². The number of nitrogens with one attached hydrogen (secondary N) is 1. The first-order valence-corrected chi connectivity index (χ1v) is 4.42. The van der Waals surface area contributed by atoms with Crippen molar-refractivity contribution in [2.75, 3.05) is 0 Å². The van der Waals surface area contributed by atoms with Crippen LogP contribution in [0.4, 0.5) is 0 Å². The molecule has 0 unspecified atom stereocenters. The number of hydrogen-bond acceptors (Lipinski definition) is 1. The van der Waals surface area contributed by atoms with Crippen molar-refractivity contribution in [2.24, 2.45) is 5.92 Å². The van der Waals surface area contributed by atoms with Crippen molar-refractivity contribution in [1.82, 2.24) is 9.55 Å². The van der Waals surface area contributed by atoms with Crippen molar-refractivity contribution < 1.29 is 0 Å². The molecule has 2 nitrogen and oxygen atoms in total. The van der Waals surface area contributed by atoms with Crippen molar-refractivity contribution in [2.45, 2.75) is 26.3 Å². The molecule has 0 bridgehead atoms. The minimum atomic E-state index is 0.870. The highest BCUT2D eigenvalue weighted by molar-refractivity contribution is 7.71. The molecule has 0 aromatic carbocycles. The summed E-state index contributed by atoms with van der Waals surface area (Å²) < 4.78 is 3.01. The van der Waals surface area contributed by atoms with Gasteiger partial charge in [-0.25, -0.2) is 0 Å². The van der Waals surface area contributed by atoms with Gasteiger partial charge in [-0.3, -0.25) is 0 Å². The molecular weight excluding hydrogens is 156 g/mol. The van der Waals surface area contributed by atoms with E-state index in [1.165, 1.54) is 12.8 Å². The lowest BCUT2D eigenvalue weighted by Crippen LogP contribution is -1.97. The Morgan fingerprint density at radius 2 is 2.45 bits per heavy atom. The van der Waals surface area contributed by atoms with Crippen LogP contribution < -0.4 is 0 Å². The second kappa shape index (κ2) is 2.48. The maximum atomic E-state index is 5.13. The quantitative estimate of drug-likeness (QED) is 0.672. The van der Waals surface area contributed by atoms with E-state index in [4.69, 9.17) is 12.2 Å². The lowest BCUT2D eigenvalue weighted by atomic mass is 10.4. The van der Waals surface area contributed by atoms with E-state index in [0.29, 0.717) is 0 Å². The van der Waals surface area contributed by atoms with Gasteiger partial charge in [-0.2, -0.15) is 0 Å². The molecule has 0 spiro atoms. The Balaban J connectivity index is 2.21. The highest BCUT2D eigenvalue weighted by atomic mass is 32.1. The first kappa shape index (κ1) is 7.10. The standard InChI is InChI=1S/C8H12N2S/c1-6-4-10(8(11)9-6)5-7-2-3-7/h4,7H,2-3,5H2,1H3,(H,9,11). The molecule has 0 atom stereocenters. The third kappa shape index (κ3) is 1.53. The van der Waals surface area contributed by atoms with Crippen molar-refractivity contribution in [3.05, 3.63) is 16.7 Å². The number of hydrogen-bond donors (Lipinski definition) is 1. The summed E-state index contributed by atoms with van der Waals surface area (Å²) in [6, 6.07) is 0. The summed E-state index contributed by atoms with van der Waals surface area (Å²) in [4.78, 5) is 3.12. The third-order valence-corrected chi connectivity index (χ3v) is 2.40. The number of imidazole rings is 1. The van der Waals surface area contributed by atoms with E-state index in [2.05, 4.69) is 15.7 Å². The fourth-order valence-electron chi connectivity index (χ4n) is 1.28. The molecule has 3 heteroatoms. The third-order valence-electron chi connectivity index (χ3n) is 2.07. The van der Waals surface area contributed by atoms with Crippen LogP contribution in [-0.4, -0.2) is 9.55 Å². The van der Waals surface area contributed by atoms with Gasteiger partial charge in [-0.05, 0) is 37.9 Å². The van der Waals surface area contributed by atoms with Crippen molar-refractivity contribution in [3.63, 3.8) is 0 Å². The summed E-state index contributed by atoms with van der Waals surface area (Å²) in [6.45, 7) is 3.16. The van der Waals surface area contributed by atoms with Crippen LogP contribution in [0, 0.1) is 17.6 Å². The molecule has 1 heterocycles. The SMILES string of the molecule is Cc1cn(CC2CC2)c(=S)[nH]1. The lowest BCUT2D eigenvalue weighted by molar-refractivity contribution is 0.619. The predicted octanol–water partition coefficient (Wildman–Crippen LogP) is 2.26. The maximum Gasteiger partial charge on any atom is 0.177 e. The van der Waals surface area contributed by atoms with Crippen molar-refractivity contribution >= 4 is 12.2 Å². The van der Waals surface area contributed by atoms with E-state index < -0.39 is 0 Å². The van der Waals surface area contributed by atoms with Crippen molar-refractivity contribution in [1.29, 1.82) is 0 Å². The van der Waals surface area contributed by atoms with Crippen LogP contribution >= 0.6 is 12.2 Å². The Morgan fingerprint density at radius 3 is 2.91 bits per heavy atom. The zero-order chi connectivity index (χ0) is 7.84. The molecule has 2 rings (SSSR count). The zero-order valence-electron chi connectivity index (χ0n) is 6.63. The van der Waals surface area contributed by atoms with Gasteiger partial charge in [0.1, 0.15) is 0 Å². The minimum Gasteiger partial charge on any atom is -0.335 e. The molecule has 11 heavy (non-hydrogen) atoms. The van der Waals surface area contributed by atoms with Gasteiger partial charge >= 0.3 is 0 Å². The lowest BCUT2D eigenvalue weighted by Gasteiger charge is -1.96. The van der Waals surface area contributed by atoms with Gasteiger partial charge in [0.2, 0.25) is 0 Å². The number of nitrogens with zero attached hydrogens (tertiary/aromatic N) is 1. The van der Waals surface area contributed by atoms with Crippen LogP contribution in [-0.2, 0) is 6.54 Å². The maximum absolute atomic E-state index is 5.13.